The van der Waals surface area contributed by atoms with Crippen molar-refractivity contribution in [1.29, 1.82) is 0 Å². The lowest BCUT2D eigenvalue weighted by atomic mass is 10.1. The molecule has 0 saturated carbocycles. The van der Waals surface area contributed by atoms with Gasteiger partial charge in [-0.25, -0.2) is 4.39 Å². The molecule has 1 aromatic carbocycles. The van der Waals surface area contributed by atoms with Gasteiger partial charge in [0.25, 0.3) is 0 Å². The maximum Gasteiger partial charge on any atom is 0.246 e. The van der Waals surface area contributed by atoms with Gasteiger partial charge >= 0.3 is 0 Å². The molecule has 1 aromatic heterocycles. The van der Waals surface area contributed by atoms with Crippen molar-refractivity contribution in [1.82, 2.24) is 9.88 Å². The minimum atomic E-state index is -0.525. The van der Waals surface area contributed by atoms with Gasteiger partial charge in [-0.2, -0.15) is 0 Å². The van der Waals surface area contributed by atoms with E-state index in [9.17, 15) is 9.18 Å². The number of likely N-dealkylation sites (N-methyl/N-ethyl adjacent to an activating group) is 1. The first-order valence-corrected chi connectivity index (χ1v) is 6.21. The Kier molecular flexibility index (Phi) is 4.42. The van der Waals surface area contributed by atoms with Gasteiger partial charge in [0.05, 0.1) is 5.69 Å². The Balaban J connectivity index is 2.23. The average Bonchev–Trinajstić information content (AvgIpc) is 2.42. The zero-order valence-corrected chi connectivity index (χ0v) is 11.4. The Labute approximate surface area is 117 Å². The third-order valence-electron chi connectivity index (χ3n) is 2.90. The fraction of sp³-hybridized carbons (Fsp3) is 0.200. The molecule has 4 nitrogen and oxygen atoms in total. The maximum absolute atomic E-state index is 13.6. The molecule has 0 aliphatic rings. The van der Waals surface area contributed by atoms with Gasteiger partial charge < -0.3 is 5.32 Å². The summed E-state index contributed by atoms with van der Waals surface area (Å²) in [5, 5.41) is 2.61. The number of carbonyl (C=O) groups excluding carboxylic acids is 1. The molecule has 0 spiro atoms. The van der Waals surface area contributed by atoms with E-state index in [1.807, 2.05) is 6.07 Å². The summed E-state index contributed by atoms with van der Waals surface area (Å²) in [6, 6.07) is 9.15. The second-order valence-electron chi connectivity index (χ2n) is 4.62. The molecule has 0 saturated heterocycles. The fourth-order valence-electron chi connectivity index (χ4n) is 1.99. The summed E-state index contributed by atoms with van der Waals surface area (Å²) in [4.78, 5) is 18.1. The largest absolute Gasteiger partial charge is 0.322 e. The lowest BCUT2D eigenvalue weighted by molar-refractivity contribution is -0.120. The number of aromatic nitrogens is 1. The number of nitrogens with one attached hydrogen (secondary N) is 1. The highest BCUT2D eigenvalue weighted by Crippen LogP contribution is 2.20. The molecule has 1 heterocycles. The molecule has 20 heavy (non-hydrogen) atoms. The maximum atomic E-state index is 13.6. The SMILES string of the molecule is CN(C)C(C(=O)Nc1ccccc1F)c1cccnc1. The van der Waals surface area contributed by atoms with Crippen LogP contribution in [0.3, 0.4) is 0 Å². The number of hydrogen-bond donors (Lipinski definition) is 1. The van der Waals surface area contributed by atoms with Crippen molar-refractivity contribution in [3.63, 3.8) is 0 Å². The zero-order chi connectivity index (χ0) is 14.5. The summed E-state index contributed by atoms with van der Waals surface area (Å²) in [5.41, 5.74) is 0.930. The number of anilines is 1. The lowest BCUT2D eigenvalue weighted by Crippen LogP contribution is -2.32. The van der Waals surface area contributed by atoms with Crippen LogP contribution in [0.15, 0.2) is 48.8 Å². The van der Waals surface area contributed by atoms with E-state index in [2.05, 4.69) is 10.3 Å². The smallest absolute Gasteiger partial charge is 0.246 e. The highest BCUT2D eigenvalue weighted by Gasteiger charge is 2.23. The van der Waals surface area contributed by atoms with Crippen LogP contribution in [0.4, 0.5) is 10.1 Å². The van der Waals surface area contributed by atoms with E-state index in [-0.39, 0.29) is 11.6 Å². The van der Waals surface area contributed by atoms with Gasteiger partial charge in [-0.15, -0.1) is 0 Å². The van der Waals surface area contributed by atoms with Gasteiger partial charge in [-0.1, -0.05) is 18.2 Å². The van der Waals surface area contributed by atoms with Gasteiger partial charge in [0.2, 0.25) is 5.91 Å². The van der Waals surface area contributed by atoms with E-state index >= 15 is 0 Å². The summed E-state index contributed by atoms with van der Waals surface area (Å²) < 4.78 is 13.6. The van der Waals surface area contributed by atoms with E-state index in [0.29, 0.717) is 0 Å². The number of halogens is 1. The van der Waals surface area contributed by atoms with Gasteiger partial charge in [-0.05, 0) is 37.9 Å². The van der Waals surface area contributed by atoms with Crippen LogP contribution in [0.25, 0.3) is 0 Å². The minimum absolute atomic E-state index is 0.174. The molecule has 0 radical (unpaired) electrons. The molecule has 1 N–H and O–H groups in total. The highest BCUT2D eigenvalue weighted by atomic mass is 19.1. The molecule has 2 rings (SSSR count). The van der Waals surface area contributed by atoms with E-state index in [0.717, 1.165) is 5.56 Å². The first-order chi connectivity index (χ1) is 9.59. The highest BCUT2D eigenvalue weighted by molar-refractivity contribution is 5.95. The Hall–Kier alpha value is -2.27. The predicted octanol–water partition coefficient (Wildman–Crippen LogP) is 2.46. The second-order valence-corrected chi connectivity index (χ2v) is 4.62. The molecule has 0 aliphatic heterocycles. The number of hydrogen-bond acceptors (Lipinski definition) is 3. The monoisotopic (exact) mass is 273 g/mol. The zero-order valence-electron chi connectivity index (χ0n) is 11.4. The van der Waals surface area contributed by atoms with Crippen molar-refractivity contribution in [3.8, 4) is 0 Å². The molecule has 5 heteroatoms. The van der Waals surface area contributed by atoms with Crippen LogP contribution in [0.5, 0.6) is 0 Å². The number of benzene rings is 1. The summed E-state index contributed by atoms with van der Waals surface area (Å²) in [6.07, 6.45) is 3.27. The van der Waals surface area contributed by atoms with Gasteiger partial charge in [-0.3, -0.25) is 14.7 Å². The molecular formula is C15H16FN3O. The predicted molar refractivity (Wildman–Crippen MR) is 75.7 cm³/mol. The van der Waals surface area contributed by atoms with E-state index < -0.39 is 11.9 Å². The normalized spacial score (nSPS) is 12.2. The van der Waals surface area contributed by atoms with Gasteiger partial charge in [0, 0.05) is 12.4 Å². The first kappa shape index (κ1) is 14.1. The lowest BCUT2D eigenvalue weighted by Gasteiger charge is -2.23. The van der Waals surface area contributed by atoms with E-state index in [1.54, 1.807) is 49.6 Å². The van der Waals surface area contributed by atoms with Crippen molar-refractivity contribution in [2.24, 2.45) is 0 Å². The fourth-order valence-corrected chi connectivity index (χ4v) is 1.99. The van der Waals surface area contributed by atoms with Crippen LogP contribution < -0.4 is 5.32 Å². The van der Waals surface area contributed by atoms with Crippen LogP contribution in [-0.2, 0) is 4.79 Å². The number of carbonyl (C=O) groups is 1. The molecular weight excluding hydrogens is 257 g/mol. The number of pyridine rings is 1. The van der Waals surface area contributed by atoms with E-state index in [1.165, 1.54) is 12.1 Å². The molecule has 1 unspecified atom stereocenters. The number of nitrogens with zero attached hydrogens (tertiary/aromatic N) is 2. The van der Waals surface area contributed by atoms with Crippen molar-refractivity contribution in [2.45, 2.75) is 6.04 Å². The van der Waals surface area contributed by atoms with Crippen LogP contribution >= 0.6 is 0 Å². The Morgan fingerprint density at radius 1 is 1.25 bits per heavy atom. The molecule has 0 aliphatic carbocycles. The molecule has 0 fully saturated rings. The second kappa shape index (κ2) is 6.25. The molecule has 0 bridgehead atoms. The molecule has 1 atom stereocenters. The quantitative estimate of drug-likeness (QED) is 0.930. The number of rotatable bonds is 4. The summed E-state index contributed by atoms with van der Waals surface area (Å²) in [6.45, 7) is 0. The Morgan fingerprint density at radius 2 is 2.00 bits per heavy atom. The third-order valence-corrected chi connectivity index (χ3v) is 2.90. The summed E-state index contributed by atoms with van der Waals surface area (Å²) in [5.74, 6) is -0.752. The van der Waals surface area contributed by atoms with Crippen molar-refractivity contribution >= 4 is 11.6 Å². The minimum Gasteiger partial charge on any atom is -0.322 e. The first-order valence-electron chi connectivity index (χ1n) is 6.21. The van der Waals surface area contributed by atoms with Crippen LogP contribution in [-0.4, -0.2) is 29.9 Å². The molecule has 104 valence electrons. The van der Waals surface area contributed by atoms with Crippen molar-refractivity contribution in [2.75, 3.05) is 19.4 Å². The van der Waals surface area contributed by atoms with Gasteiger partial charge in [0.15, 0.2) is 0 Å². The average molecular weight is 273 g/mol. The van der Waals surface area contributed by atoms with Crippen LogP contribution in [0.2, 0.25) is 0 Å². The Morgan fingerprint density at radius 3 is 2.60 bits per heavy atom. The van der Waals surface area contributed by atoms with Crippen molar-refractivity contribution in [3.05, 3.63) is 60.2 Å². The van der Waals surface area contributed by atoms with Crippen molar-refractivity contribution < 1.29 is 9.18 Å². The van der Waals surface area contributed by atoms with Gasteiger partial charge in [0.1, 0.15) is 11.9 Å². The third kappa shape index (κ3) is 3.19. The Bertz CT molecular complexity index is 587. The van der Waals surface area contributed by atoms with E-state index in [4.69, 9.17) is 0 Å². The number of amides is 1. The summed E-state index contributed by atoms with van der Waals surface area (Å²) in [7, 11) is 3.58. The number of para-hydroxylation sites is 1. The standard InChI is InChI=1S/C15H16FN3O/c1-19(2)14(11-6-5-9-17-10-11)15(20)18-13-8-4-3-7-12(13)16/h3-10,14H,1-2H3,(H,18,20). The summed E-state index contributed by atoms with van der Waals surface area (Å²) >= 11 is 0. The van der Waals surface area contributed by atoms with Crippen LogP contribution in [0, 0.1) is 5.82 Å². The molecule has 1 amide bonds. The topological polar surface area (TPSA) is 45.2 Å². The van der Waals surface area contributed by atoms with Crippen LogP contribution in [0.1, 0.15) is 11.6 Å². The molecule has 2 aromatic rings.